The molecule has 108 valence electrons. The number of rotatable bonds is 2. The van der Waals surface area contributed by atoms with Crippen LogP contribution in [0.1, 0.15) is 39.6 Å². The average Bonchev–Trinajstić information content (AvgIpc) is 2.65. The topological polar surface area (TPSA) is 17.8 Å². The lowest BCUT2D eigenvalue weighted by atomic mass is 10.0. The largest absolute Gasteiger partial charge is 0.323 e. The number of benzene rings is 1. The Kier molecular flexibility index (Phi) is 2.72. The minimum Gasteiger partial charge on any atom is -0.323 e. The molecule has 0 unspecified atom stereocenters. The molecule has 1 aromatic heterocycles. The molecule has 1 saturated carbocycles. The van der Waals surface area contributed by atoms with Crippen LogP contribution in [0.2, 0.25) is 0 Å². The monoisotopic (exact) mass is 298 g/mol. The molecular formula is C15H17ClF2N2. The maximum Gasteiger partial charge on any atom is 0.153 e. The zero-order valence-corrected chi connectivity index (χ0v) is 12.7. The van der Waals surface area contributed by atoms with Crippen LogP contribution < -0.4 is 0 Å². The Balaban J connectivity index is 2.30. The van der Waals surface area contributed by atoms with Crippen LogP contribution in [-0.4, -0.2) is 9.55 Å². The fourth-order valence-electron chi connectivity index (χ4n) is 3.36. The molecule has 2 nitrogen and oxygen atoms in total. The van der Waals surface area contributed by atoms with E-state index in [-0.39, 0.29) is 28.3 Å². The van der Waals surface area contributed by atoms with Crippen molar-refractivity contribution in [2.24, 2.45) is 10.8 Å². The molecule has 1 aromatic carbocycles. The molecule has 2 aromatic rings. The van der Waals surface area contributed by atoms with Crippen LogP contribution in [0.25, 0.3) is 11.0 Å². The molecule has 20 heavy (non-hydrogen) atoms. The predicted octanol–water partition coefficient (Wildman–Crippen LogP) is 4.66. The molecule has 0 spiro atoms. The summed E-state index contributed by atoms with van der Waals surface area (Å²) in [5.41, 5.74) is 0.747. The first-order chi connectivity index (χ1) is 9.21. The van der Waals surface area contributed by atoms with Gasteiger partial charge >= 0.3 is 0 Å². The Hall–Kier alpha value is -1.16. The molecule has 0 atom stereocenters. The molecule has 1 heterocycles. The van der Waals surface area contributed by atoms with Gasteiger partial charge in [0.25, 0.3) is 0 Å². The number of halogens is 3. The molecule has 5 heteroatoms. The van der Waals surface area contributed by atoms with Crippen LogP contribution in [0.5, 0.6) is 0 Å². The zero-order valence-electron chi connectivity index (χ0n) is 12.0. The number of imidazole rings is 1. The minimum atomic E-state index is -0.638. The summed E-state index contributed by atoms with van der Waals surface area (Å²) in [7, 11) is 0. The fraction of sp³-hybridized carbons (Fsp3) is 0.533. The first kappa shape index (κ1) is 13.8. The SMILES string of the molecule is CC1(C)C(n2c(CCl)nc3c(F)cc(F)cc32)C1(C)C. The highest BCUT2D eigenvalue weighted by Gasteiger charge is 2.66. The lowest BCUT2D eigenvalue weighted by molar-refractivity contribution is 0.457. The highest BCUT2D eigenvalue weighted by molar-refractivity contribution is 6.16. The maximum atomic E-state index is 13.9. The zero-order chi connectivity index (χ0) is 14.9. The van der Waals surface area contributed by atoms with Crippen molar-refractivity contribution in [2.45, 2.75) is 39.6 Å². The molecule has 0 N–H and O–H groups in total. The van der Waals surface area contributed by atoms with Crippen LogP contribution in [0.3, 0.4) is 0 Å². The summed E-state index contributed by atoms with van der Waals surface area (Å²) < 4.78 is 29.3. The quantitative estimate of drug-likeness (QED) is 0.737. The Morgan fingerprint density at radius 3 is 2.30 bits per heavy atom. The van der Waals surface area contributed by atoms with Gasteiger partial charge in [-0.25, -0.2) is 13.8 Å². The molecule has 3 rings (SSSR count). The van der Waals surface area contributed by atoms with E-state index in [0.717, 1.165) is 6.07 Å². The van der Waals surface area contributed by atoms with Gasteiger partial charge in [0, 0.05) is 12.1 Å². The van der Waals surface area contributed by atoms with Crippen molar-refractivity contribution in [2.75, 3.05) is 0 Å². The highest BCUT2D eigenvalue weighted by atomic mass is 35.5. The lowest BCUT2D eigenvalue weighted by Crippen LogP contribution is -2.05. The number of hydrogen-bond acceptors (Lipinski definition) is 1. The molecule has 0 aliphatic heterocycles. The van der Waals surface area contributed by atoms with Gasteiger partial charge in [0.1, 0.15) is 17.2 Å². The van der Waals surface area contributed by atoms with Crippen molar-refractivity contribution in [3.8, 4) is 0 Å². The van der Waals surface area contributed by atoms with Gasteiger partial charge in [-0.05, 0) is 16.9 Å². The van der Waals surface area contributed by atoms with Crippen LogP contribution in [-0.2, 0) is 5.88 Å². The van der Waals surface area contributed by atoms with Gasteiger partial charge in [-0.2, -0.15) is 0 Å². The van der Waals surface area contributed by atoms with Gasteiger partial charge in [0.05, 0.1) is 11.4 Å². The molecule has 1 aliphatic rings. The number of aromatic nitrogens is 2. The number of alkyl halides is 1. The Bertz CT molecular complexity index is 689. The van der Waals surface area contributed by atoms with Gasteiger partial charge in [0.2, 0.25) is 0 Å². The summed E-state index contributed by atoms with van der Waals surface area (Å²) in [6.45, 7) is 8.60. The molecular weight excluding hydrogens is 282 g/mol. The Labute approximate surface area is 121 Å². The van der Waals surface area contributed by atoms with E-state index in [1.54, 1.807) is 0 Å². The minimum absolute atomic E-state index is 0.0320. The second kappa shape index (κ2) is 3.94. The summed E-state index contributed by atoms with van der Waals surface area (Å²) in [4.78, 5) is 4.25. The van der Waals surface area contributed by atoms with Gasteiger partial charge in [-0.3, -0.25) is 0 Å². The highest BCUT2D eigenvalue weighted by Crippen LogP contribution is 2.72. The van der Waals surface area contributed by atoms with E-state index in [1.165, 1.54) is 6.07 Å². The van der Waals surface area contributed by atoms with Gasteiger partial charge in [-0.1, -0.05) is 27.7 Å². The van der Waals surface area contributed by atoms with Crippen molar-refractivity contribution in [1.82, 2.24) is 9.55 Å². The third-order valence-corrected chi connectivity index (χ3v) is 5.35. The van der Waals surface area contributed by atoms with E-state index in [4.69, 9.17) is 11.6 Å². The van der Waals surface area contributed by atoms with Gasteiger partial charge < -0.3 is 4.57 Å². The van der Waals surface area contributed by atoms with Crippen molar-refractivity contribution in [1.29, 1.82) is 0 Å². The van der Waals surface area contributed by atoms with E-state index in [0.29, 0.717) is 11.3 Å². The average molecular weight is 299 g/mol. The van der Waals surface area contributed by atoms with Gasteiger partial charge in [-0.15, -0.1) is 11.6 Å². The van der Waals surface area contributed by atoms with Crippen molar-refractivity contribution in [3.63, 3.8) is 0 Å². The number of fused-ring (bicyclic) bond motifs is 1. The van der Waals surface area contributed by atoms with Crippen molar-refractivity contribution in [3.05, 3.63) is 29.6 Å². The molecule has 0 saturated heterocycles. The Morgan fingerprint density at radius 1 is 1.20 bits per heavy atom. The van der Waals surface area contributed by atoms with E-state index in [2.05, 4.69) is 32.7 Å². The Morgan fingerprint density at radius 2 is 1.80 bits per heavy atom. The smallest absolute Gasteiger partial charge is 0.153 e. The predicted molar refractivity (Wildman–Crippen MR) is 75.8 cm³/mol. The molecule has 0 radical (unpaired) electrons. The van der Waals surface area contributed by atoms with E-state index in [1.807, 2.05) is 4.57 Å². The first-order valence-corrected chi connectivity index (χ1v) is 7.17. The third-order valence-electron chi connectivity index (χ3n) is 5.11. The molecule has 1 aliphatic carbocycles. The summed E-state index contributed by atoms with van der Waals surface area (Å²) in [5.74, 6) is -0.456. The lowest BCUT2D eigenvalue weighted by Gasteiger charge is -2.10. The van der Waals surface area contributed by atoms with Crippen LogP contribution in [0.4, 0.5) is 8.78 Å². The van der Waals surface area contributed by atoms with E-state index < -0.39 is 11.6 Å². The number of nitrogens with zero attached hydrogens (tertiary/aromatic N) is 2. The molecule has 0 bridgehead atoms. The summed E-state index contributed by atoms with van der Waals surface area (Å²) in [6, 6.07) is 2.34. The van der Waals surface area contributed by atoms with Crippen molar-refractivity contribution < 1.29 is 8.78 Å². The number of hydrogen-bond donors (Lipinski definition) is 0. The third kappa shape index (κ3) is 1.57. The first-order valence-electron chi connectivity index (χ1n) is 6.63. The second-order valence-electron chi connectivity index (χ2n) is 6.63. The van der Waals surface area contributed by atoms with Crippen molar-refractivity contribution >= 4 is 22.6 Å². The van der Waals surface area contributed by atoms with E-state index >= 15 is 0 Å². The van der Waals surface area contributed by atoms with Crippen LogP contribution in [0, 0.1) is 22.5 Å². The normalized spacial score (nSPS) is 20.6. The summed E-state index contributed by atoms with van der Waals surface area (Å²) in [6.07, 6.45) is 0. The fourth-order valence-corrected chi connectivity index (χ4v) is 3.55. The van der Waals surface area contributed by atoms with E-state index in [9.17, 15) is 8.78 Å². The van der Waals surface area contributed by atoms with Gasteiger partial charge in [0.15, 0.2) is 5.82 Å². The standard InChI is InChI=1S/C15H17ClF2N2/c1-14(2)13(15(14,3)4)20-10-6-8(17)5-9(18)12(10)19-11(20)7-16/h5-6,13H,7H2,1-4H3. The van der Waals surface area contributed by atoms with Crippen LogP contribution in [0.15, 0.2) is 12.1 Å². The summed E-state index contributed by atoms with van der Waals surface area (Å²) >= 11 is 5.95. The molecule has 0 amide bonds. The summed E-state index contributed by atoms with van der Waals surface area (Å²) in [5, 5.41) is 0. The van der Waals surface area contributed by atoms with Crippen LogP contribution >= 0.6 is 11.6 Å². The molecule has 1 fully saturated rings. The second-order valence-corrected chi connectivity index (χ2v) is 6.90. The maximum absolute atomic E-state index is 13.9.